The van der Waals surface area contributed by atoms with Gasteiger partial charge in [0.15, 0.2) is 0 Å². The molecule has 0 aliphatic rings. The van der Waals surface area contributed by atoms with Crippen LogP contribution in [0.2, 0.25) is 0 Å². The van der Waals surface area contributed by atoms with E-state index >= 15 is 0 Å². The van der Waals surface area contributed by atoms with Gasteiger partial charge in [-0.05, 0) is 24.3 Å². The fourth-order valence-electron chi connectivity index (χ4n) is 0.946. The first-order chi connectivity index (χ1) is 7.17. The van der Waals surface area contributed by atoms with E-state index in [1.165, 1.54) is 0 Å². The number of anilines is 2. The van der Waals surface area contributed by atoms with E-state index in [0.29, 0.717) is 17.1 Å². The van der Waals surface area contributed by atoms with Crippen molar-refractivity contribution in [1.29, 1.82) is 0 Å². The van der Waals surface area contributed by atoms with Crippen LogP contribution in [0.3, 0.4) is 0 Å². The van der Waals surface area contributed by atoms with E-state index in [1.807, 2.05) is 5.48 Å². The second-order valence-electron chi connectivity index (χ2n) is 2.97. The Kier molecular flexibility index (Phi) is 4.41. The van der Waals surface area contributed by atoms with E-state index in [-0.39, 0.29) is 5.91 Å². The van der Waals surface area contributed by atoms with Crippen LogP contribution in [-0.4, -0.2) is 22.9 Å². The number of carbonyl (C=O) groups is 1. The number of thiol groups is 1. The lowest BCUT2D eigenvalue weighted by Crippen LogP contribution is -2.37. The van der Waals surface area contributed by atoms with Crippen LogP contribution in [-0.2, 0) is 4.79 Å². The lowest BCUT2D eigenvalue weighted by atomic mass is 10.2. The molecule has 0 saturated heterocycles. The van der Waals surface area contributed by atoms with Gasteiger partial charge in [-0.15, -0.1) is 0 Å². The number of nitrogens with two attached hydrogens (primary N) is 1. The van der Waals surface area contributed by atoms with Crippen molar-refractivity contribution >= 4 is 29.9 Å². The molecule has 5 N–H and O–H groups in total. The third-order valence-electron chi connectivity index (χ3n) is 1.82. The average Bonchev–Trinajstić information content (AvgIpc) is 2.29. The van der Waals surface area contributed by atoms with Crippen LogP contribution < -0.4 is 16.5 Å². The highest BCUT2D eigenvalue weighted by Crippen LogP contribution is 2.12. The summed E-state index contributed by atoms with van der Waals surface area (Å²) in [6.07, 6.45) is 0. The molecule has 0 fully saturated rings. The first kappa shape index (κ1) is 11.8. The summed E-state index contributed by atoms with van der Waals surface area (Å²) in [5.74, 6) is 0.0111. The molecule has 1 atom stereocenters. The highest BCUT2D eigenvalue weighted by Gasteiger charge is 2.10. The van der Waals surface area contributed by atoms with Crippen molar-refractivity contribution < 1.29 is 10.0 Å². The SMILES string of the molecule is N[C@@H](CS)C(=O)Nc1ccc(NO)cc1. The Hall–Kier alpha value is -1.24. The van der Waals surface area contributed by atoms with Gasteiger partial charge < -0.3 is 11.1 Å². The maximum atomic E-state index is 11.3. The van der Waals surface area contributed by atoms with E-state index in [1.54, 1.807) is 24.3 Å². The van der Waals surface area contributed by atoms with E-state index in [2.05, 4.69) is 17.9 Å². The van der Waals surface area contributed by atoms with Gasteiger partial charge in [0.2, 0.25) is 5.91 Å². The Morgan fingerprint density at radius 3 is 2.40 bits per heavy atom. The van der Waals surface area contributed by atoms with Gasteiger partial charge in [0, 0.05) is 11.4 Å². The Bertz CT molecular complexity index is 329. The normalized spacial score (nSPS) is 11.9. The average molecular weight is 227 g/mol. The molecule has 1 aromatic carbocycles. The minimum Gasteiger partial charge on any atom is -0.325 e. The topological polar surface area (TPSA) is 87.4 Å². The summed E-state index contributed by atoms with van der Waals surface area (Å²) in [6.45, 7) is 0. The maximum Gasteiger partial charge on any atom is 0.242 e. The van der Waals surface area contributed by atoms with Crippen molar-refractivity contribution in [2.75, 3.05) is 16.5 Å². The number of nitrogens with one attached hydrogen (secondary N) is 2. The fourth-order valence-corrected chi connectivity index (χ4v) is 1.11. The minimum atomic E-state index is -0.621. The monoisotopic (exact) mass is 227 g/mol. The molecule has 5 nitrogen and oxygen atoms in total. The number of carbonyl (C=O) groups excluding carboxylic acids is 1. The van der Waals surface area contributed by atoms with Crippen LogP contribution in [0, 0.1) is 0 Å². The molecule has 0 heterocycles. The highest BCUT2D eigenvalue weighted by molar-refractivity contribution is 7.80. The zero-order valence-corrected chi connectivity index (χ0v) is 8.87. The van der Waals surface area contributed by atoms with E-state index in [9.17, 15) is 4.79 Å². The molecular formula is C9H13N3O2S. The largest absolute Gasteiger partial charge is 0.325 e. The fraction of sp³-hybridized carbons (Fsp3) is 0.222. The lowest BCUT2D eigenvalue weighted by Gasteiger charge is -2.09. The molecule has 82 valence electrons. The van der Waals surface area contributed by atoms with Crippen molar-refractivity contribution in [3.05, 3.63) is 24.3 Å². The van der Waals surface area contributed by atoms with E-state index < -0.39 is 6.04 Å². The molecule has 0 radical (unpaired) electrons. The van der Waals surface area contributed by atoms with Gasteiger partial charge in [0.25, 0.3) is 0 Å². The van der Waals surface area contributed by atoms with Crippen LogP contribution in [0.5, 0.6) is 0 Å². The highest BCUT2D eigenvalue weighted by atomic mass is 32.1. The first-order valence-electron chi connectivity index (χ1n) is 4.35. The third kappa shape index (κ3) is 3.43. The van der Waals surface area contributed by atoms with Crippen molar-refractivity contribution in [3.8, 4) is 0 Å². The van der Waals surface area contributed by atoms with E-state index in [0.717, 1.165) is 0 Å². The molecule has 0 aromatic heterocycles. The third-order valence-corrected chi connectivity index (χ3v) is 2.21. The second kappa shape index (κ2) is 5.59. The maximum absolute atomic E-state index is 11.3. The van der Waals surface area contributed by atoms with Gasteiger partial charge >= 0.3 is 0 Å². The molecule has 1 amide bonds. The van der Waals surface area contributed by atoms with Crippen LogP contribution >= 0.6 is 12.6 Å². The van der Waals surface area contributed by atoms with Crippen molar-refractivity contribution in [3.63, 3.8) is 0 Å². The van der Waals surface area contributed by atoms with Crippen molar-refractivity contribution in [1.82, 2.24) is 0 Å². The molecule has 0 unspecified atom stereocenters. The summed E-state index contributed by atoms with van der Waals surface area (Å²) in [4.78, 5) is 11.3. The molecule has 15 heavy (non-hydrogen) atoms. The smallest absolute Gasteiger partial charge is 0.242 e. The molecule has 0 aliphatic carbocycles. The van der Waals surface area contributed by atoms with Gasteiger partial charge in [0.1, 0.15) is 0 Å². The quantitative estimate of drug-likeness (QED) is 0.387. The van der Waals surface area contributed by atoms with Crippen LogP contribution in [0.15, 0.2) is 24.3 Å². The number of benzene rings is 1. The molecule has 1 rings (SSSR count). The summed E-state index contributed by atoms with van der Waals surface area (Å²) < 4.78 is 0. The Balaban J connectivity index is 2.61. The molecule has 6 heteroatoms. The van der Waals surface area contributed by atoms with Gasteiger partial charge in [-0.1, -0.05) is 0 Å². The van der Waals surface area contributed by atoms with Gasteiger partial charge in [-0.2, -0.15) is 12.6 Å². The first-order valence-corrected chi connectivity index (χ1v) is 4.98. The van der Waals surface area contributed by atoms with E-state index in [4.69, 9.17) is 10.9 Å². The minimum absolute atomic E-state index is 0.283. The molecule has 0 aliphatic heterocycles. The Morgan fingerprint density at radius 2 is 1.93 bits per heavy atom. The zero-order valence-electron chi connectivity index (χ0n) is 7.97. The summed E-state index contributed by atoms with van der Waals surface area (Å²) in [5.41, 5.74) is 8.64. The lowest BCUT2D eigenvalue weighted by molar-refractivity contribution is -0.116. The van der Waals surface area contributed by atoms with Crippen molar-refractivity contribution in [2.24, 2.45) is 5.73 Å². The summed E-state index contributed by atoms with van der Waals surface area (Å²) in [7, 11) is 0. The van der Waals surface area contributed by atoms with Gasteiger partial charge in [-0.25, -0.2) is 0 Å². The van der Waals surface area contributed by atoms with Crippen LogP contribution in [0.4, 0.5) is 11.4 Å². The molecular weight excluding hydrogens is 214 g/mol. The predicted molar refractivity (Wildman–Crippen MR) is 62.3 cm³/mol. The molecule has 1 aromatic rings. The van der Waals surface area contributed by atoms with Gasteiger partial charge in [0.05, 0.1) is 11.7 Å². The molecule has 0 bridgehead atoms. The summed E-state index contributed by atoms with van der Waals surface area (Å²) in [6, 6.07) is 5.94. The number of rotatable bonds is 4. The standard InChI is InChI=1S/C9H13N3O2S/c10-8(5-15)9(13)11-6-1-3-7(12-14)4-2-6/h1-4,8,12,14-15H,5,10H2,(H,11,13)/t8-/m0/s1. The number of hydrogen-bond donors (Lipinski definition) is 5. The second-order valence-corrected chi connectivity index (χ2v) is 3.33. The molecule has 0 saturated carbocycles. The summed E-state index contributed by atoms with van der Waals surface area (Å²) >= 11 is 3.92. The van der Waals surface area contributed by atoms with Crippen molar-refractivity contribution in [2.45, 2.75) is 6.04 Å². The van der Waals surface area contributed by atoms with Crippen LogP contribution in [0.1, 0.15) is 0 Å². The zero-order chi connectivity index (χ0) is 11.3. The summed E-state index contributed by atoms with van der Waals surface area (Å²) in [5, 5.41) is 11.2. The Morgan fingerprint density at radius 1 is 1.40 bits per heavy atom. The van der Waals surface area contributed by atoms with Crippen LogP contribution in [0.25, 0.3) is 0 Å². The Labute approximate surface area is 93.0 Å². The van der Waals surface area contributed by atoms with Gasteiger partial charge in [-0.3, -0.25) is 15.5 Å². The predicted octanol–water partition coefficient (Wildman–Crippen LogP) is 0.683. The number of amides is 1. The molecule has 0 spiro atoms. The number of hydrogen-bond acceptors (Lipinski definition) is 5.